The molecule has 0 saturated heterocycles. The molecule has 2 aromatic carbocycles. The molecule has 0 aliphatic carbocycles. The van der Waals surface area contributed by atoms with Crippen LogP contribution in [0, 0.1) is 12.7 Å². The lowest BCUT2D eigenvalue weighted by Crippen LogP contribution is -1.97. The largest absolute Gasteiger partial charge is 0.327 e. The summed E-state index contributed by atoms with van der Waals surface area (Å²) in [5.74, 6) is 0.762. The lowest BCUT2D eigenvalue weighted by Gasteiger charge is -2.11. The van der Waals surface area contributed by atoms with Crippen molar-refractivity contribution >= 4 is 22.5 Å². The van der Waals surface area contributed by atoms with Crippen LogP contribution in [-0.2, 0) is 13.0 Å². The lowest BCUT2D eigenvalue weighted by molar-refractivity contribution is 0.619. The Hall–Kier alpha value is -2.72. The van der Waals surface area contributed by atoms with Crippen LogP contribution in [0.1, 0.15) is 17.8 Å². The molecule has 134 valence electrons. The number of aryl methyl sites for hydroxylation is 2. The molecule has 0 fully saturated rings. The van der Waals surface area contributed by atoms with E-state index in [1.54, 1.807) is 19.2 Å². The highest BCUT2D eigenvalue weighted by atomic mass is 35.5. The van der Waals surface area contributed by atoms with Crippen LogP contribution in [0.2, 0.25) is 5.02 Å². The molecule has 0 unspecified atom stereocenters. The van der Waals surface area contributed by atoms with E-state index in [-0.39, 0.29) is 5.82 Å². The number of pyridine rings is 1. The number of fused-ring (bicyclic) bond motifs is 2. The van der Waals surface area contributed by atoms with Crippen molar-refractivity contribution in [3.8, 4) is 22.5 Å². The number of hydrogen-bond acceptors (Lipinski definition) is 2. The first-order chi connectivity index (χ1) is 13.1. The highest BCUT2D eigenvalue weighted by Gasteiger charge is 2.25. The van der Waals surface area contributed by atoms with Crippen LogP contribution < -0.4 is 0 Å². The summed E-state index contributed by atoms with van der Waals surface area (Å²) < 4.78 is 16.2. The second-order valence-electron chi connectivity index (χ2n) is 6.97. The second kappa shape index (κ2) is 6.17. The van der Waals surface area contributed by atoms with Gasteiger partial charge in [-0.15, -0.1) is 0 Å². The standard InChI is InChI=1S/C22H17ClFN3/c1-13-10-16(17(23)12-18(13)24)21-22(27-9-3-5-20(27)26-21)15-6-7-19-14(11-15)4-2-8-25-19/h2,4,6-8,10-12H,3,5,9H2,1H3. The Bertz CT molecular complexity index is 1200. The van der Waals surface area contributed by atoms with Crippen LogP contribution in [-0.4, -0.2) is 14.5 Å². The molecule has 0 bridgehead atoms. The molecule has 5 rings (SSSR count). The minimum Gasteiger partial charge on any atom is -0.327 e. The monoisotopic (exact) mass is 377 g/mol. The zero-order valence-electron chi connectivity index (χ0n) is 14.8. The third kappa shape index (κ3) is 2.63. The molecule has 1 aliphatic rings. The second-order valence-corrected chi connectivity index (χ2v) is 7.38. The fourth-order valence-corrected chi connectivity index (χ4v) is 4.11. The van der Waals surface area contributed by atoms with Gasteiger partial charge in [0.1, 0.15) is 11.6 Å². The first-order valence-corrected chi connectivity index (χ1v) is 9.40. The molecule has 5 heteroatoms. The Morgan fingerprint density at radius 1 is 1.15 bits per heavy atom. The number of halogens is 2. The summed E-state index contributed by atoms with van der Waals surface area (Å²) in [5, 5.41) is 1.47. The summed E-state index contributed by atoms with van der Waals surface area (Å²) in [6.45, 7) is 2.68. The molecular weight excluding hydrogens is 361 g/mol. The Balaban J connectivity index is 1.78. The highest BCUT2D eigenvalue weighted by molar-refractivity contribution is 6.33. The minimum atomic E-state index is -0.297. The number of imidazole rings is 1. The van der Waals surface area contributed by atoms with E-state index in [4.69, 9.17) is 16.6 Å². The molecule has 27 heavy (non-hydrogen) atoms. The molecule has 0 amide bonds. The van der Waals surface area contributed by atoms with Crippen molar-refractivity contribution in [1.29, 1.82) is 0 Å². The number of benzene rings is 2. The van der Waals surface area contributed by atoms with Crippen molar-refractivity contribution in [1.82, 2.24) is 14.5 Å². The van der Waals surface area contributed by atoms with E-state index in [1.807, 2.05) is 12.1 Å². The number of hydrogen-bond donors (Lipinski definition) is 0. The summed E-state index contributed by atoms with van der Waals surface area (Å²) >= 11 is 6.41. The van der Waals surface area contributed by atoms with E-state index in [0.29, 0.717) is 10.6 Å². The van der Waals surface area contributed by atoms with Gasteiger partial charge in [0.05, 0.1) is 21.9 Å². The average molecular weight is 378 g/mol. The van der Waals surface area contributed by atoms with Gasteiger partial charge in [-0.25, -0.2) is 9.37 Å². The highest BCUT2D eigenvalue weighted by Crippen LogP contribution is 2.39. The number of aromatic nitrogens is 3. The first-order valence-electron chi connectivity index (χ1n) is 9.02. The van der Waals surface area contributed by atoms with Crippen LogP contribution in [0.25, 0.3) is 33.4 Å². The van der Waals surface area contributed by atoms with Gasteiger partial charge in [-0.3, -0.25) is 4.98 Å². The van der Waals surface area contributed by atoms with Gasteiger partial charge in [0.25, 0.3) is 0 Å². The summed E-state index contributed by atoms with van der Waals surface area (Å²) in [4.78, 5) is 9.30. The molecular formula is C22H17ClFN3. The van der Waals surface area contributed by atoms with E-state index in [9.17, 15) is 4.39 Å². The predicted octanol–water partition coefficient (Wildman–Crippen LogP) is 5.81. The molecule has 0 radical (unpaired) electrons. The van der Waals surface area contributed by atoms with Gasteiger partial charge >= 0.3 is 0 Å². The predicted molar refractivity (Wildman–Crippen MR) is 106 cm³/mol. The zero-order valence-corrected chi connectivity index (χ0v) is 15.6. The quantitative estimate of drug-likeness (QED) is 0.441. The van der Waals surface area contributed by atoms with E-state index >= 15 is 0 Å². The molecule has 3 nitrogen and oxygen atoms in total. The maximum atomic E-state index is 13.9. The van der Waals surface area contributed by atoms with Gasteiger partial charge < -0.3 is 4.57 Å². The van der Waals surface area contributed by atoms with Gasteiger partial charge in [-0.05, 0) is 49.2 Å². The lowest BCUT2D eigenvalue weighted by atomic mass is 10.0. The van der Waals surface area contributed by atoms with Gasteiger partial charge in [0.15, 0.2) is 0 Å². The normalized spacial score (nSPS) is 13.3. The van der Waals surface area contributed by atoms with Gasteiger partial charge in [0.2, 0.25) is 0 Å². The van der Waals surface area contributed by atoms with Crippen molar-refractivity contribution in [3.63, 3.8) is 0 Å². The summed E-state index contributed by atoms with van der Waals surface area (Å²) in [6.07, 6.45) is 3.83. The van der Waals surface area contributed by atoms with Crippen LogP contribution in [0.3, 0.4) is 0 Å². The summed E-state index contributed by atoms with van der Waals surface area (Å²) in [6, 6.07) is 13.4. The van der Waals surface area contributed by atoms with Crippen molar-refractivity contribution in [2.45, 2.75) is 26.3 Å². The average Bonchev–Trinajstić information content (AvgIpc) is 3.25. The third-order valence-corrected chi connectivity index (χ3v) is 5.52. The van der Waals surface area contributed by atoms with Crippen LogP contribution in [0.5, 0.6) is 0 Å². The molecule has 3 heterocycles. The summed E-state index contributed by atoms with van der Waals surface area (Å²) in [5.41, 5.74) is 5.24. The fourth-order valence-electron chi connectivity index (χ4n) is 3.87. The molecule has 0 N–H and O–H groups in total. The Morgan fingerprint density at radius 2 is 2.04 bits per heavy atom. The van der Waals surface area contributed by atoms with Crippen LogP contribution in [0.15, 0.2) is 48.7 Å². The van der Waals surface area contributed by atoms with E-state index in [2.05, 4.69) is 27.8 Å². The number of nitrogens with zero attached hydrogens (tertiary/aromatic N) is 3. The Kier molecular flexibility index (Phi) is 3.76. The van der Waals surface area contributed by atoms with Crippen molar-refractivity contribution in [2.24, 2.45) is 0 Å². The first kappa shape index (κ1) is 16.5. The fraction of sp³-hybridized carbons (Fsp3) is 0.182. The SMILES string of the molecule is Cc1cc(-c2nc3n(c2-c2ccc4ncccc4c2)CCC3)c(Cl)cc1F. The van der Waals surface area contributed by atoms with Crippen molar-refractivity contribution < 1.29 is 4.39 Å². The van der Waals surface area contributed by atoms with Gasteiger partial charge in [-0.2, -0.15) is 0 Å². The maximum absolute atomic E-state index is 13.9. The van der Waals surface area contributed by atoms with Crippen LogP contribution >= 0.6 is 11.6 Å². The Labute approximate surface area is 161 Å². The molecule has 2 aromatic heterocycles. The smallest absolute Gasteiger partial charge is 0.127 e. The number of rotatable bonds is 2. The Morgan fingerprint density at radius 3 is 2.93 bits per heavy atom. The minimum absolute atomic E-state index is 0.297. The van der Waals surface area contributed by atoms with Crippen molar-refractivity contribution in [2.75, 3.05) is 0 Å². The molecule has 1 aliphatic heterocycles. The zero-order chi connectivity index (χ0) is 18.5. The topological polar surface area (TPSA) is 30.7 Å². The molecule has 0 spiro atoms. The van der Waals surface area contributed by atoms with E-state index < -0.39 is 0 Å². The molecule has 4 aromatic rings. The van der Waals surface area contributed by atoms with Crippen molar-refractivity contribution in [3.05, 3.63) is 70.9 Å². The van der Waals surface area contributed by atoms with E-state index in [0.717, 1.165) is 58.6 Å². The molecule has 0 saturated carbocycles. The van der Waals surface area contributed by atoms with E-state index in [1.165, 1.54) is 6.07 Å². The maximum Gasteiger partial charge on any atom is 0.127 e. The van der Waals surface area contributed by atoms with Gasteiger partial charge in [0, 0.05) is 35.7 Å². The third-order valence-electron chi connectivity index (χ3n) is 5.21. The summed E-state index contributed by atoms with van der Waals surface area (Å²) in [7, 11) is 0. The van der Waals surface area contributed by atoms with Crippen LogP contribution in [0.4, 0.5) is 4.39 Å². The van der Waals surface area contributed by atoms with Gasteiger partial charge in [-0.1, -0.05) is 23.7 Å². The molecule has 0 atom stereocenters.